The van der Waals surface area contributed by atoms with Crippen LogP contribution in [0.4, 0.5) is 0 Å². The Kier molecular flexibility index (Phi) is 3.55. The van der Waals surface area contributed by atoms with Crippen molar-refractivity contribution in [2.24, 2.45) is 4.99 Å². The largest absolute Gasteiger partial charge is 0.507 e. The predicted molar refractivity (Wildman–Crippen MR) is 70.6 cm³/mol. The van der Waals surface area contributed by atoms with E-state index in [2.05, 4.69) is 4.99 Å². The normalized spacial score (nSPS) is 12.8. The molecule has 0 aliphatic carbocycles. The minimum absolute atomic E-state index is 0.0933. The summed E-state index contributed by atoms with van der Waals surface area (Å²) in [4.78, 5) is 4.44. The second-order valence-corrected chi connectivity index (χ2v) is 3.92. The highest BCUT2D eigenvalue weighted by atomic mass is 16.3. The Hall–Kier alpha value is -2.09. The summed E-state index contributed by atoms with van der Waals surface area (Å²) >= 11 is 0. The molecule has 2 nitrogen and oxygen atoms in total. The number of aromatic hydroxyl groups is 1. The molecule has 2 aromatic rings. The monoisotopic (exact) mass is 225 g/mol. The van der Waals surface area contributed by atoms with Crippen molar-refractivity contribution in [3.63, 3.8) is 0 Å². The molecule has 0 amide bonds. The van der Waals surface area contributed by atoms with Gasteiger partial charge in [0.05, 0.1) is 6.04 Å². The summed E-state index contributed by atoms with van der Waals surface area (Å²) in [5, 5.41) is 9.60. The predicted octanol–water partition coefficient (Wildman–Crippen LogP) is 3.57. The molecule has 0 saturated carbocycles. The van der Waals surface area contributed by atoms with Gasteiger partial charge in [0, 0.05) is 11.8 Å². The van der Waals surface area contributed by atoms with E-state index in [1.54, 1.807) is 18.3 Å². The van der Waals surface area contributed by atoms with E-state index in [-0.39, 0.29) is 11.8 Å². The number of nitrogens with zero attached hydrogens (tertiary/aromatic N) is 1. The van der Waals surface area contributed by atoms with Gasteiger partial charge < -0.3 is 5.11 Å². The maximum atomic E-state index is 9.60. The molecule has 2 aromatic carbocycles. The molecule has 0 heterocycles. The quantitative estimate of drug-likeness (QED) is 0.796. The lowest BCUT2D eigenvalue weighted by Gasteiger charge is -2.06. The van der Waals surface area contributed by atoms with E-state index in [1.807, 2.05) is 49.4 Å². The van der Waals surface area contributed by atoms with Crippen LogP contribution in [-0.4, -0.2) is 11.3 Å². The van der Waals surface area contributed by atoms with E-state index in [4.69, 9.17) is 0 Å². The van der Waals surface area contributed by atoms with E-state index in [0.29, 0.717) is 0 Å². The first kappa shape index (κ1) is 11.4. The van der Waals surface area contributed by atoms with Crippen molar-refractivity contribution < 1.29 is 5.11 Å². The summed E-state index contributed by atoms with van der Waals surface area (Å²) in [5.41, 5.74) is 1.91. The standard InChI is InChI=1S/C15H15NO/c1-12(13-7-3-2-4-8-13)16-11-14-9-5-6-10-15(14)17/h2-12,17H,1H3. The van der Waals surface area contributed by atoms with Crippen LogP contribution in [0.15, 0.2) is 59.6 Å². The number of benzene rings is 2. The van der Waals surface area contributed by atoms with Crippen LogP contribution in [0.3, 0.4) is 0 Å². The lowest BCUT2D eigenvalue weighted by molar-refractivity contribution is 0.474. The van der Waals surface area contributed by atoms with E-state index < -0.39 is 0 Å². The summed E-state index contributed by atoms with van der Waals surface area (Å²) in [7, 11) is 0. The first-order valence-corrected chi connectivity index (χ1v) is 5.63. The smallest absolute Gasteiger partial charge is 0.124 e. The van der Waals surface area contributed by atoms with Gasteiger partial charge >= 0.3 is 0 Å². The Morgan fingerprint density at radius 2 is 1.65 bits per heavy atom. The molecule has 2 heteroatoms. The number of para-hydroxylation sites is 1. The van der Waals surface area contributed by atoms with Gasteiger partial charge in [-0.15, -0.1) is 0 Å². The van der Waals surface area contributed by atoms with Gasteiger partial charge in [0.1, 0.15) is 5.75 Å². The van der Waals surface area contributed by atoms with E-state index in [9.17, 15) is 5.11 Å². The van der Waals surface area contributed by atoms with Crippen molar-refractivity contribution in [2.75, 3.05) is 0 Å². The molecule has 0 saturated heterocycles. The zero-order valence-corrected chi connectivity index (χ0v) is 9.75. The van der Waals surface area contributed by atoms with Crippen LogP contribution in [0.2, 0.25) is 0 Å². The third-order valence-electron chi connectivity index (χ3n) is 2.66. The summed E-state index contributed by atoms with van der Waals surface area (Å²) in [5.74, 6) is 0.261. The summed E-state index contributed by atoms with van der Waals surface area (Å²) in [6.07, 6.45) is 1.72. The summed E-state index contributed by atoms with van der Waals surface area (Å²) in [6.45, 7) is 2.03. The number of rotatable bonds is 3. The fraction of sp³-hybridized carbons (Fsp3) is 0.133. The third kappa shape index (κ3) is 2.94. The van der Waals surface area contributed by atoms with Gasteiger partial charge in [-0.25, -0.2) is 0 Å². The molecular weight excluding hydrogens is 210 g/mol. The summed E-state index contributed by atoms with van der Waals surface area (Å²) < 4.78 is 0. The van der Waals surface area contributed by atoms with Gasteiger partial charge in [0.2, 0.25) is 0 Å². The van der Waals surface area contributed by atoms with Crippen molar-refractivity contribution in [1.82, 2.24) is 0 Å². The molecule has 0 aromatic heterocycles. The first-order chi connectivity index (χ1) is 8.27. The molecule has 1 N–H and O–H groups in total. The highest BCUT2D eigenvalue weighted by Gasteiger charge is 2.01. The number of phenols is 1. The SMILES string of the molecule is CC(N=Cc1ccccc1O)c1ccccc1. The van der Waals surface area contributed by atoms with Gasteiger partial charge in [-0.1, -0.05) is 42.5 Å². The van der Waals surface area contributed by atoms with E-state index in [1.165, 1.54) is 5.56 Å². The molecule has 17 heavy (non-hydrogen) atoms. The van der Waals surface area contributed by atoms with Crippen LogP contribution in [0.5, 0.6) is 5.75 Å². The topological polar surface area (TPSA) is 32.6 Å². The Bertz CT molecular complexity index is 505. The van der Waals surface area contributed by atoms with E-state index in [0.717, 1.165) is 5.56 Å². The van der Waals surface area contributed by atoms with Gasteiger partial charge in [0.25, 0.3) is 0 Å². The molecule has 0 aliphatic rings. The van der Waals surface area contributed by atoms with Gasteiger partial charge in [-0.05, 0) is 24.6 Å². The minimum Gasteiger partial charge on any atom is -0.507 e. The first-order valence-electron chi connectivity index (χ1n) is 5.63. The molecule has 2 rings (SSSR count). The Morgan fingerprint density at radius 1 is 1.00 bits per heavy atom. The van der Waals surface area contributed by atoms with Crippen molar-refractivity contribution in [3.05, 3.63) is 65.7 Å². The molecular formula is C15H15NO. The second kappa shape index (κ2) is 5.30. The number of hydrogen-bond acceptors (Lipinski definition) is 2. The van der Waals surface area contributed by atoms with Crippen LogP contribution >= 0.6 is 0 Å². The van der Waals surface area contributed by atoms with Crippen LogP contribution in [0, 0.1) is 0 Å². The lowest BCUT2D eigenvalue weighted by atomic mass is 10.1. The zero-order valence-electron chi connectivity index (χ0n) is 9.75. The molecule has 0 radical (unpaired) electrons. The fourth-order valence-electron chi connectivity index (χ4n) is 1.61. The average molecular weight is 225 g/mol. The maximum absolute atomic E-state index is 9.60. The number of aliphatic imine (C=N–C) groups is 1. The Labute approximate surface area is 101 Å². The van der Waals surface area contributed by atoms with E-state index >= 15 is 0 Å². The highest BCUT2D eigenvalue weighted by molar-refractivity contribution is 5.83. The second-order valence-electron chi connectivity index (χ2n) is 3.92. The van der Waals surface area contributed by atoms with Crippen molar-refractivity contribution in [1.29, 1.82) is 0 Å². The molecule has 86 valence electrons. The third-order valence-corrected chi connectivity index (χ3v) is 2.66. The number of phenolic OH excluding ortho intramolecular Hbond substituents is 1. The molecule has 0 spiro atoms. The molecule has 1 unspecified atom stereocenters. The molecule has 0 fully saturated rings. The van der Waals surface area contributed by atoms with Crippen molar-refractivity contribution >= 4 is 6.21 Å². The van der Waals surface area contributed by atoms with Crippen molar-refractivity contribution in [3.8, 4) is 5.75 Å². The van der Waals surface area contributed by atoms with Crippen LogP contribution in [0.25, 0.3) is 0 Å². The van der Waals surface area contributed by atoms with Gasteiger partial charge in [-0.3, -0.25) is 4.99 Å². The Morgan fingerprint density at radius 3 is 2.35 bits per heavy atom. The molecule has 0 bridgehead atoms. The molecule has 1 atom stereocenters. The summed E-state index contributed by atoms with van der Waals surface area (Å²) in [6, 6.07) is 17.4. The average Bonchev–Trinajstić information content (AvgIpc) is 2.38. The van der Waals surface area contributed by atoms with Crippen LogP contribution < -0.4 is 0 Å². The molecule has 0 aliphatic heterocycles. The van der Waals surface area contributed by atoms with Crippen LogP contribution in [-0.2, 0) is 0 Å². The van der Waals surface area contributed by atoms with Crippen LogP contribution in [0.1, 0.15) is 24.1 Å². The van der Waals surface area contributed by atoms with Gasteiger partial charge in [0.15, 0.2) is 0 Å². The van der Waals surface area contributed by atoms with Crippen molar-refractivity contribution in [2.45, 2.75) is 13.0 Å². The number of hydrogen-bond donors (Lipinski definition) is 1. The fourth-order valence-corrected chi connectivity index (χ4v) is 1.61. The van der Waals surface area contributed by atoms with Gasteiger partial charge in [-0.2, -0.15) is 0 Å². The zero-order chi connectivity index (χ0) is 12.1. The Balaban J connectivity index is 2.14. The maximum Gasteiger partial charge on any atom is 0.124 e. The highest BCUT2D eigenvalue weighted by Crippen LogP contribution is 2.18. The lowest BCUT2D eigenvalue weighted by Crippen LogP contribution is -1.90. The minimum atomic E-state index is 0.0933.